The molecule has 3 aromatic carbocycles. The largest absolute Gasteiger partial charge is 0.444 e. The summed E-state index contributed by atoms with van der Waals surface area (Å²) >= 11 is 0. The third kappa shape index (κ3) is 8.81. The summed E-state index contributed by atoms with van der Waals surface area (Å²) in [5, 5.41) is 7.77. The minimum Gasteiger partial charge on any atom is -0.444 e. The molecule has 3 rings (SSSR count). The third-order valence-electron chi connectivity index (χ3n) is 7.07. The second kappa shape index (κ2) is 13.7. The molecule has 0 aliphatic carbocycles. The molecule has 0 heterocycles. The lowest BCUT2D eigenvalue weighted by Gasteiger charge is -2.38. The third-order valence-corrected chi connectivity index (χ3v) is 7.07. The van der Waals surface area contributed by atoms with E-state index in [1.807, 2.05) is 81.4 Å². The summed E-state index contributed by atoms with van der Waals surface area (Å²) in [6.45, 7) is 15.2. The van der Waals surface area contributed by atoms with E-state index in [4.69, 9.17) is 4.74 Å². The number of nitrogens with one attached hydrogen (secondary N) is 2. The number of hydrogen-bond acceptors (Lipinski definition) is 4. The van der Waals surface area contributed by atoms with E-state index >= 15 is 0 Å². The lowest BCUT2D eigenvalue weighted by atomic mass is 9.92. The minimum absolute atomic E-state index is 0.267. The summed E-state index contributed by atoms with van der Waals surface area (Å²) in [7, 11) is 0. The van der Waals surface area contributed by atoms with Gasteiger partial charge in [0.1, 0.15) is 18.2 Å². The summed E-state index contributed by atoms with van der Waals surface area (Å²) in [6.07, 6.45) is 0.918. The second-order valence-corrected chi connectivity index (χ2v) is 12.2. The van der Waals surface area contributed by atoms with Gasteiger partial charge in [0.05, 0.1) is 0 Å². The first-order valence-electron chi connectivity index (χ1n) is 14.4. The van der Waals surface area contributed by atoms with Crippen LogP contribution < -0.4 is 10.6 Å². The predicted octanol–water partition coefficient (Wildman–Crippen LogP) is 7.31. The fraction of sp³-hybridized carbons (Fsp3) is 0.441. The van der Waals surface area contributed by atoms with Crippen molar-refractivity contribution >= 4 is 34.4 Å². The number of nitrogens with zero attached hydrogens (tertiary/aromatic N) is 1. The van der Waals surface area contributed by atoms with E-state index < -0.39 is 17.7 Å². The Morgan fingerprint density at radius 3 is 2.10 bits per heavy atom. The van der Waals surface area contributed by atoms with Crippen LogP contribution in [0.15, 0.2) is 60.7 Å². The molecule has 2 unspecified atom stereocenters. The molecule has 220 valence electrons. The van der Waals surface area contributed by atoms with Crippen LogP contribution in [0.2, 0.25) is 0 Å². The molecule has 2 N–H and O–H groups in total. The fourth-order valence-electron chi connectivity index (χ4n) is 5.04. The number of alkyl carbamates (subject to hydrolysis) is 1. The first kappa shape index (κ1) is 31.7. The Hall–Kier alpha value is -3.87. The fourth-order valence-corrected chi connectivity index (χ4v) is 5.04. The lowest BCUT2D eigenvalue weighted by molar-refractivity contribution is -0.141. The minimum atomic E-state index is -0.905. The Balaban J connectivity index is 2.03. The molecule has 0 bridgehead atoms. The van der Waals surface area contributed by atoms with E-state index in [0.717, 1.165) is 33.9 Å². The highest BCUT2D eigenvalue weighted by molar-refractivity contribution is 6.00. The summed E-state index contributed by atoms with van der Waals surface area (Å²) < 4.78 is 5.35. The van der Waals surface area contributed by atoms with Crippen LogP contribution in [0.25, 0.3) is 10.8 Å². The number of carbonyl (C=O) groups is 3. The Morgan fingerprint density at radius 2 is 1.49 bits per heavy atom. The highest BCUT2D eigenvalue weighted by Gasteiger charge is 2.36. The van der Waals surface area contributed by atoms with Gasteiger partial charge >= 0.3 is 6.09 Å². The number of amides is 3. The zero-order valence-corrected chi connectivity index (χ0v) is 25.7. The number of rotatable bonds is 10. The second-order valence-electron chi connectivity index (χ2n) is 12.2. The van der Waals surface area contributed by atoms with Crippen molar-refractivity contribution in [1.82, 2.24) is 10.2 Å². The SMILES string of the molecule is Cc1cccc(C)c1C(C(=O)Nc1ccc2ccccc2c1)N(C(=O)CNC(=O)OC(C)(C)C)C(C)CCC(C)C. The smallest absolute Gasteiger partial charge is 0.408 e. The molecule has 7 nitrogen and oxygen atoms in total. The normalized spacial score (nSPS) is 13.0. The van der Waals surface area contributed by atoms with E-state index in [9.17, 15) is 14.4 Å². The first-order valence-corrected chi connectivity index (χ1v) is 14.4. The van der Waals surface area contributed by atoms with Crippen LogP contribution in [-0.2, 0) is 14.3 Å². The van der Waals surface area contributed by atoms with Crippen molar-refractivity contribution in [1.29, 1.82) is 0 Å². The maximum atomic E-state index is 14.3. The molecule has 0 fully saturated rings. The monoisotopic (exact) mass is 559 g/mol. The summed E-state index contributed by atoms with van der Waals surface area (Å²) in [6, 6.07) is 18.4. The van der Waals surface area contributed by atoms with Crippen molar-refractivity contribution in [2.75, 3.05) is 11.9 Å². The van der Waals surface area contributed by atoms with Crippen molar-refractivity contribution in [2.24, 2.45) is 5.92 Å². The summed E-state index contributed by atoms with van der Waals surface area (Å²) in [5.41, 5.74) is 2.57. The van der Waals surface area contributed by atoms with E-state index in [2.05, 4.69) is 24.5 Å². The molecule has 0 aliphatic rings. The molecule has 3 amide bonds. The van der Waals surface area contributed by atoms with Crippen LogP contribution in [0.1, 0.15) is 77.1 Å². The van der Waals surface area contributed by atoms with Crippen LogP contribution in [0, 0.1) is 19.8 Å². The van der Waals surface area contributed by atoms with Gasteiger partial charge in [-0.05, 0) is 99.9 Å². The molecule has 0 aliphatic heterocycles. The van der Waals surface area contributed by atoms with Crippen LogP contribution in [0.5, 0.6) is 0 Å². The number of benzene rings is 3. The number of carbonyl (C=O) groups excluding carboxylic acids is 3. The van der Waals surface area contributed by atoms with Gasteiger partial charge < -0.3 is 20.3 Å². The maximum Gasteiger partial charge on any atom is 0.408 e. The van der Waals surface area contributed by atoms with Gasteiger partial charge in [-0.1, -0.05) is 62.4 Å². The molecule has 0 radical (unpaired) electrons. The van der Waals surface area contributed by atoms with Crippen LogP contribution in [-0.4, -0.2) is 41.0 Å². The van der Waals surface area contributed by atoms with Gasteiger partial charge in [0, 0.05) is 11.7 Å². The maximum absolute atomic E-state index is 14.3. The van der Waals surface area contributed by atoms with Gasteiger partial charge in [-0.15, -0.1) is 0 Å². The van der Waals surface area contributed by atoms with Crippen molar-refractivity contribution in [2.45, 2.75) is 85.9 Å². The van der Waals surface area contributed by atoms with E-state index in [0.29, 0.717) is 18.0 Å². The van der Waals surface area contributed by atoms with Crippen molar-refractivity contribution < 1.29 is 19.1 Å². The lowest BCUT2D eigenvalue weighted by Crippen LogP contribution is -2.50. The average molecular weight is 560 g/mol. The molecule has 0 aromatic heterocycles. The van der Waals surface area contributed by atoms with E-state index in [1.54, 1.807) is 25.7 Å². The molecule has 2 atom stereocenters. The van der Waals surface area contributed by atoms with Crippen molar-refractivity contribution in [3.05, 3.63) is 77.4 Å². The molecule has 7 heteroatoms. The topological polar surface area (TPSA) is 87.7 Å². The average Bonchev–Trinajstić information content (AvgIpc) is 2.88. The van der Waals surface area contributed by atoms with E-state index in [1.165, 1.54) is 0 Å². The molecular weight excluding hydrogens is 514 g/mol. The van der Waals surface area contributed by atoms with Crippen LogP contribution in [0.4, 0.5) is 10.5 Å². The van der Waals surface area contributed by atoms with Gasteiger partial charge in [0.2, 0.25) is 5.91 Å². The number of anilines is 1. The zero-order chi connectivity index (χ0) is 30.3. The van der Waals surface area contributed by atoms with Gasteiger partial charge in [-0.25, -0.2) is 4.79 Å². The zero-order valence-electron chi connectivity index (χ0n) is 25.7. The summed E-state index contributed by atoms with van der Waals surface area (Å²) in [4.78, 5) is 42.3. The van der Waals surface area contributed by atoms with Gasteiger partial charge in [-0.2, -0.15) is 0 Å². The van der Waals surface area contributed by atoms with Crippen molar-refractivity contribution in [3.63, 3.8) is 0 Å². The predicted molar refractivity (Wildman–Crippen MR) is 166 cm³/mol. The first-order chi connectivity index (χ1) is 19.3. The van der Waals surface area contributed by atoms with E-state index in [-0.39, 0.29) is 24.4 Å². The molecule has 41 heavy (non-hydrogen) atoms. The quantitative estimate of drug-likeness (QED) is 0.273. The standard InChI is InChI=1S/C34H45N3O4/c1-22(2)16-17-25(5)37(29(38)21-35-33(40)41-34(6,7)8)31(30-23(3)12-11-13-24(30)4)32(39)36-28-19-18-26-14-9-10-15-27(26)20-28/h9-15,18-20,22,25,31H,16-17,21H2,1-8H3,(H,35,40)(H,36,39). The number of ether oxygens (including phenoxy) is 1. The Morgan fingerprint density at radius 1 is 0.854 bits per heavy atom. The van der Waals surface area contributed by atoms with Crippen molar-refractivity contribution in [3.8, 4) is 0 Å². The summed E-state index contributed by atoms with van der Waals surface area (Å²) in [5.74, 6) is -0.229. The highest BCUT2D eigenvalue weighted by atomic mass is 16.6. The molecule has 3 aromatic rings. The Bertz CT molecular complexity index is 1360. The molecule has 0 spiro atoms. The van der Waals surface area contributed by atoms with Gasteiger partial charge in [-0.3, -0.25) is 9.59 Å². The number of hydrogen-bond donors (Lipinski definition) is 2. The number of fused-ring (bicyclic) bond motifs is 1. The van der Waals surface area contributed by atoms with Crippen LogP contribution >= 0.6 is 0 Å². The highest BCUT2D eigenvalue weighted by Crippen LogP contribution is 2.32. The number of aryl methyl sites for hydroxylation is 2. The Labute approximate surface area is 244 Å². The van der Waals surface area contributed by atoms with Crippen LogP contribution in [0.3, 0.4) is 0 Å². The molecule has 0 saturated heterocycles. The van der Waals surface area contributed by atoms with Gasteiger partial charge in [0.15, 0.2) is 0 Å². The Kier molecular flexibility index (Phi) is 10.5. The molecular formula is C34H45N3O4. The molecule has 0 saturated carbocycles. The van der Waals surface area contributed by atoms with Gasteiger partial charge in [0.25, 0.3) is 5.91 Å².